The molecule has 0 amide bonds. The standard InChI is InChI=1S/C71H66.C4H10/c1-38(2)52-35-59-63-51(26-25-50-53-31-40-19-15-16-20-41(40)32-56(53)64(52)65(50)63)66-61(42-27-44(68(3,4)5)33-45(28-42)69(6,7)8)57-36-54-48-23-17-21-39-22-18-24-49(60(39)48)55(54)37-58(57)62(67(59)66)43-29-46(70(9,10)11)34-47(30-43)71(12,13)14;1-4(2)3/h15-38H,1-14H3;4H,1-3H3. The number of hydrogen-bond acceptors (Lipinski definition) is 0. The molecule has 0 aliphatic heterocycles. The lowest BCUT2D eigenvalue weighted by Crippen LogP contribution is -2.16. The summed E-state index contributed by atoms with van der Waals surface area (Å²) in [6.45, 7) is 39.9. The second kappa shape index (κ2) is 16.6. The van der Waals surface area contributed by atoms with Gasteiger partial charge >= 0.3 is 0 Å². The molecule has 0 heterocycles. The molecule has 0 unspecified atom stereocenters. The minimum Gasteiger partial charge on any atom is -0.0630 e. The average molecular weight is 977 g/mol. The fraction of sp³-hybridized carbons (Fsp3) is 0.307. The Bertz CT molecular complexity index is 4240. The molecule has 12 aromatic rings. The van der Waals surface area contributed by atoms with Crippen molar-refractivity contribution in [3.05, 3.63) is 167 Å². The van der Waals surface area contributed by atoms with Crippen LogP contribution in [0.15, 0.2) is 140 Å². The lowest BCUT2D eigenvalue weighted by atomic mass is 9.76. The molecule has 376 valence electrons. The number of fused-ring (bicyclic) bond motifs is 11. The summed E-state index contributed by atoms with van der Waals surface area (Å²) in [4.78, 5) is 0. The maximum Gasteiger partial charge on any atom is -0.000730 e. The van der Waals surface area contributed by atoms with Crippen molar-refractivity contribution in [3.63, 3.8) is 0 Å². The molecule has 13 rings (SSSR count). The second-order valence-corrected chi connectivity index (χ2v) is 27.7. The molecule has 0 N–H and O–H groups in total. The fourth-order valence-electron chi connectivity index (χ4n) is 12.8. The van der Waals surface area contributed by atoms with Crippen LogP contribution < -0.4 is 0 Å². The summed E-state index contributed by atoms with van der Waals surface area (Å²) in [6, 6.07) is 55.8. The van der Waals surface area contributed by atoms with Crippen molar-refractivity contribution >= 4 is 86.2 Å². The molecule has 75 heavy (non-hydrogen) atoms. The maximum absolute atomic E-state index is 2.65. The summed E-state index contributed by atoms with van der Waals surface area (Å²) in [5.74, 6) is 1.14. The van der Waals surface area contributed by atoms with Gasteiger partial charge in [-0.3, -0.25) is 0 Å². The van der Waals surface area contributed by atoms with Crippen LogP contribution in [0.1, 0.15) is 151 Å². The van der Waals surface area contributed by atoms with E-state index in [9.17, 15) is 0 Å². The van der Waals surface area contributed by atoms with E-state index in [1.54, 1.807) is 0 Å². The topological polar surface area (TPSA) is 0 Å². The molecule has 0 bridgehead atoms. The molecule has 1 aliphatic rings. The van der Waals surface area contributed by atoms with E-state index in [1.165, 1.54) is 159 Å². The Kier molecular flexibility index (Phi) is 10.9. The predicted octanol–water partition coefficient (Wildman–Crippen LogP) is 22.7. The predicted molar refractivity (Wildman–Crippen MR) is 334 cm³/mol. The average Bonchev–Trinajstić information content (AvgIpc) is 4.05. The van der Waals surface area contributed by atoms with E-state index in [2.05, 4.69) is 257 Å². The highest BCUT2D eigenvalue weighted by Crippen LogP contribution is 2.60. The Morgan fingerprint density at radius 3 is 1.15 bits per heavy atom. The molecule has 1 aliphatic carbocycles. The minimum atomic E-state index is -0.0596. The van der Waals surface area contributed by atoms with Crippen LogP contribution in [0.4, 0.5) is 0 Å². The van der Waals surface area contributed by atoms with Crippen LogP contribution >= 0.6 is 0 Å². The molecule has 0 atom stereocenters. The highest BCUT2D eigenvalue weighted by molar-refractivity contribution is 6.44. The fourth-order valence-corrected chi connectivity index (χ4v) is 12.8. The molecule has 12 aromatic carbocycles. The largest absolute Gasteiger partial charge is 0.0630 e. The van der Waals surface area contributed by atoms with E-state index in [0.717, 1.165) is 5.92 Å². The molecule has 0 nitrogen and oxygen atoms in total. The van der Waals surface area contributed by atoms with E-state index in [1.807, 2.05) is 0 Å². The van der Waals surface area contributed by atoms with Gasteiger partial charge in [0.25, 0.3) is 0 Å². The number of benzene rings is 10. The first-order valence-corrected chi connectivity index (χ1v) is 28.0. The zero-order valence-electron chi connectivity index (χ0n) is 47.9. The quantitative estimate of drug-likeness (QED) is 0.165. The molecule has 0 saturated heterocycles. The third kappa shape index (κ3) is 7.66. The van der Waals surface area contributed by atoms with Gasteiger partial charge in [0.1, 0.15) is 0 Å². The van der Waals surface area contributed by atoms with E-state index in [4.69, 9.17) is 0 Å². The zero-order chi connectivity index (χ0) is 53.2. The van der Waals surface area contributed by atoms with Gasteiger partial charge in [-0.25, -0.2) is 0 Å². The van der Waals surface area contributed by atoms with Gasteiger partial charge in [0.05, 0.1) is 0 Å². The number of hydrogen-bond donors (Lipinski definition) is 0. The molecule has 0 saturated carbocycles. The summed E-state index contributed by atoms with van der Waals surface area (Å²) < 4.78 is 0. The molecule has 0 fully saturated rings. The second-order valence-electron chi connectivity index (χ2n) is 27.7. The first kappa shape index (κ1) is 49.1. The van der Waals surface area contributed by atoms with Gasteiger partial charge in [0.15, 0.2) is 0 Å². The Morgan fingerprint density at radius 2 is 0.707 bits per heavy atom. The minimum absolute atomic E-state index is 0.0583. The monoisotopic (exact) mass is 977 g/mol. The number of rotatable bonds is 3. The Labute approximate surface area is 446 Å². The summed E-state index contributed by atoms with van der Waals surface area (Å²) in [5, 5.41) is 21.6. The van der Waals surface area contributed by atoms with Gasteiger partial charge < -0.3 is 0 Å². The van der Waals surface area contributed by atoms with Gasteiger partial charge in [-0.1, -0.05) is 227 Å². The molecule has 0 radical (unpaired) electrons. The molecule has 0 aromatic heterocycles. The van der Waals surface area contributed by atoms with Crippen molar-refractivity contribution in [1.82, 2.24) is 0 Å². The van der Waals surface area contributed by atoms with Crippen LogP contribution in [0.5, 0.6) is 0 Å². The van der Waals surface area contributed by atoms with Crippen molar-refractivity contribution < 1.29 is 0 Å². The van der Waals surface area contributed by atoms with Crippen LogP contribution in [-0.2, 0) is 21.7 Å². The third-order valence-corrected chi connectivity index (χ3v) is 16.8. The lowest BCUT2D eigenvalue weighted by Gasteiger charge is -2.28. The van der Waals surface area contributed by atoms with Crippen LogP contribution in [0.3, 0.4) is 0 Å². The van der Waals surface area contributed by atoms with Gasteiger partial charge in [0, 0.05) is 0 Å². The molecular formula is C75H76. The van der Waals surface area contributed by atoms with Gasteiger partial charge in [-0.05, 0) is 222 Å². The van der Waals surface area contributed by atoms with Crippen LogP contribution in [0.25, 0.3) is 131 Å². The first-order chi connectivity index (χ1) is 35.3. The smallest absolute Gasteiger partial charge is 0.000730 e. The van der Waals surface area contributed by atoms with Crippen molar-refractivity contribution in [2.45, 2.75) is 145 Å². The SMILES string of the molecule is CC(C)C.CC(C)c1cc2c3c(-c4cc(C(C)(C)C)cc(C(C)(C)C)c4)c4cc5c(cc4c(-c4cc(C(C)(C)C)cc(C(C)(C)C)c4)c3c3ccc4c(c1-c1cc6ccccc6cc1-4)c32)c1cccc2cccc5c21. The van der Waals surface area contributed by atoms with Crippen molar-refractivity contribution in [2.75, 3.05) is 0 Å². The Morgan fingerprint density at radius 1 is 0.280 bits per heavy atom. The summed E-state index contributed by atoms with van der Waals surface area (Å²) >= 11 is 0. The molecular weight excluding hydrogens is 901 g/mol. The lowest BCUT2D eigenvalue weighted by molar-refractivity contribution is 0.568. The van der Waals surface area contributed by atoms with Crippen molar-refractivity contribution in [3.8, 4) is 44.5 Å². The van der Waals surface area contributed by atoms with E-state index < -0.39 is 0 Å². The van der Waals surface area contributed by atoms with Gasteiger partial charge in [-0.15, -0.1) is 0 Å². The van der Waals surface area contributed by atoms with E-state index in [-0.39, 0.29) is 21.7 Å². The van der Waals surface area contributed by atoms with E-state index >= 15 is 0 Å². The Hall–Kier alpha value is -6.76. The maximum atomic E-state index is 2.65. The van der Waals surface area contributed by atoms with Gasteiger partial charge in [0.2, 0.25) is 0 Å². The summed E-state index contributed by atoms with van der Waals surface area (Å²) in [6.07, 6.45) is 0. The van der Waals surface area contributed by atoms with Crippen LogP contribution in [0, 0.1) is 5.92 Å². The first-order valence-electron chi connectivity index (χ1n) is 28.0. The molecule has 0 heteroatoms. The Balaban J connectivity index is 0.00000138. The highest BCUT2D eigenvalue weighted by Gasteiger charge is 2.34. The normalized spacial score (nSPS) is 13.4. The van der Waals surface area contributed by atoms with Crippen molar-refractivity contribution in [1.29, 1.82) is 0 Å². The van der Waals surface area contributed by atoms with Crippen LogP contribution in [0.2, 0.25) is 0 Å². The summed E-state index contributed by atoms with van der Waals surface area (Å²) in [5.41, 5.74) is 17.5. The summed E-state index contributed by atoms with van der Waals surface area (Å²) in [7, 11) is 0. The van der Waals surface area contributed by atoms with Crippen molar-refractivity contribution in [2.24, 2.45) is 5.92 Å². The highest BCUT2D eigenvalue weighted by atomic mass is 14.4. The third-order valence-electron chi connectivity index (χ3n) is 16.8. The molecule has 0 spiro atoms. The van der Waals surface area contributed by atoms with E-state index in [0.29, 0.717) is 5.92 Å². The zero-order valence-corrected chi connectivity index (χ0v) is 47.9. The van der Waals surface area contributed by atoms with Crippen LogP contribution in [-0.4, -0.2) is 0 Å². The van der Waals surface area contributed by atoms with Gasteiger partial charge in [-0.2, -0.15) is 0 Å².